The Hall–Kier alpha value is -2.79. The second-order valence-corrected chi connectivity index (χ2v) is 10.3. The molecule has 2 aromatic rings. The second kappa shape index (κ2) is 11.3. The maximum Gasteiger partial charge on any atom is 0.416 e. The lowest BCUT2D eigenvalue weighted by Gasteiger charge is -2.32. The maximum absolute atomic E-state index is 13.4. The van der Waals surface area contributed by atoms with E-state index in [1.54, 1.807) is 19.1 Å². The molecule has 192 valence electrons. The Morgan fingerprint density at radius 1 is 1.14 bits per heavy atom. The van der Waals surface area contributed by atoms with E-state index in [0.29, 0.717) is 22.5 Å². The van der Waals surface area contributed by atoms with Crippen molar-refractivity contribution in [2.75, 3.05) is 23.7 Å². The van der Waals surface area contributed by atoms with Gasteiger partial charge in [0.15, 0.2) is 0 Å². The van der Waals surface area contributed by atoms with Crippen molar-refractivity contribution in [3.63, 3.8) is 0 Å². The lowest BCUT2D eigenvalue weighted by Crippen LogP contribution is -2.51. The van der Waals surface area contributed by atoms with Crippen LogP contribution in [0.15, 0.2) is 42.5 Å². The summed E-state index contributed by atoms with van der Waals surface area (Å²) < 4.78 is 65.4. The zero-order valence-electron chi connectivity index (χ0n) is 19.7. The number of rotatable bonds is 9. The predicted molar refractivity (Wildman–Crippen MR) is 129 cm³/mol. The fraction of sp³-hybridized carbons (Fsp3) is 0.391. The summed E-state index contributed by atoms with van der Waals surface area (Å²) in [5, 5.41) is 2.34. The first kappa shape index (κ1) is 28.4. The van der Waals surface area contributed by atoms with E-state index in [4.69, 9.17) is 11.6 Å². The van der Waals surface area contributed by atoms with Gasteiger partial charge in [0, 0.05) is 13.1 Å². The molecule has 1 unspecified atom stereocenters. The van der Waals surface area contributed by atoms with Gasteiger partial charge in [0.25, 0.3) is 0 Å². The van der Waals surface area contributed by atoms with E-state index in [-0.39, 0.29) is 11.6 Å². The maximum atomic E-state index is 13.4. The van der Waals surface area contributed by atoms with E-state index < -0.39 is 51.9 Å². The van der Waals surface area contributed by atoms with Crippen molar-refractivity contribution in [2.24, 2.45) is 0 Å². The summed E-state index contributed by atoms with van der Waals surface area (Å²) in [4.78, 5) is 27.1. The largest absolute Gasteiger partial charge is 0.416 e. The Labute approximate surface area is 207 Å². The number of aryl methyl sites for hydroxylation is 1. The summed E-state index contributed by atoms with van der Waals surface area (Å²) in [5.41, 5.74) is -0.00426. The minimum absolute atomic E-state index is 0.0211. The van der Waals surface area contributed by atoms with Crippen molar-refractivity contribution >= 4 is 39.1 Å². The minimum Gasteiger partial charge on any atom is -0.355 e. The molecule has 2 rings (SSSR count). The number of nitrogens with one attached hydrogen (secondary N) is 1. The van der Waals surface area contributed by atoms with Crippen molar-refractivity contribution in [3.05, 3.63) is 64.2 Å². The van der Waals surface area contributed by atoms with Crippen LogP contribution < -0.4 is 9.62 Å². The Balaban J connectivity index is 2.50. The van der Waals surface area contributed by atoms with Gasteiger partial charge in [0.1, 0.15) is 12.6 Å². The first-order chi connectivity index (χ1) is 16.1. The second-order valence-electron chi connectivity index (χ2n) is 8.01. The van der Waals surface area contributed by atoms with Crippen LogP contribution in [0.25, 0.3) is 0 Å². The molecule has 0 aliphatic rings. The monoisotopic (exact) mass is 533 g/mol. The normalized spacial score (nSPS) is 12.7. The number of anilines is 1. The molecule has 0 saturated carbocycles. The van der Waals surface area contributed by atoms with Crippen LogP contribution in [-0.4, -0.2) is 50.5 Å². The summed E-state index contributed by atoms with van der Waals surface area (Å²) in [5.74, 6) is -1.25. The van der Waals surface area contributed by atoms with Gasteiger partial charge in [-0.3, -0.25) is 13.9 Å². The van der Waals surface area contributed by atoms with Crippen molar-refractivity contribution in [3.8, 4) is 0 Å². The fourth-order valence-corrected chi connectivity index (χ4v) is 4.51. The predicted octanol–water partition coefficient (Wildman–Crippen LogP) is 3.99. The van der Waals surface area contributed by atoms with Gasteiger partial charge in [-0.05, 0) is 44.5 Å². The van der Waals surface area contributed by atoms with Gasteiger partial charge in [-0.15, -0.1) is 0 Å². The standard InChI is InChI=1S/C23H27ClF3N3O4S/c1-5-28-22(32)16(3)29(13-17-8-6-7-15(2)11-17)21(31)14-30(35(4,33)34)20-12-18(23(25,26)27)9-10-19(20)24/h6-12,16H,5,13-14H2,1-4H3,(H,28,32). The molecule has 12 heteroatoms. The Bertz CT molecular complexity index is 1190. The van der Waals surface area contributed by atoms with Crippen molar-refractivity contribution in [1.29, 1.82) is 0 Å². The number of hydrogen-bond acceptors (Lipinski definition) is 4. The molecule has 0 bridgehead atoms. The first-order valence-corrected chi connectivity index (χ1v) is 12.8. The van der Waals surface area contributed by atoms with Crippen LogP contribution in [0.4, 0.5) is 18.9 Å². The zero-order chi connectivity index (χ0) is 26.6. The van der Waals surface area contributed by atoms with Gasteiger partial charge in [0.2, 0.25) is 21.8 Å². The highest BCUT2D eigenvalue weighted by atomic mass is 35.5. The highest BCUT2D eigenvalue weighted by Crippen LogP contribution is 2.36. The molecule has 1 atom stereocenters. The number of sulfonamides is 1. The van der Waals surface area contributed by atoms with Gasteiger partial charge >= 0.3 is 6.18 Å². The summed E-state index contributed by atoms with van der Waals surface area (Å²) in [6.07, 6.45) is -3.99. The molecular formula is C23H27ClF3N3O4S. The lowest BCUT2D eigenvalue weighted by atomic mass is 10.1. The van der Waals surface area contributed by atoms with Crippen molar-refractivity contribution in [2.45, 2.75) is 39.5 Å². The molecule has 2 amide bonds. The van der Waals surface area contributed by atoms with E-state index in [2.05, 4.69) is 5.32 Å². The number of carbonyl (C=O) groups is 2. The molecule has 0 aliphatic carbocycles. The number of alkyl halides is 3. The Morgan fingerprint density at radius 2 is 1.80 bits per heavy atom. The van der Waals surface area contributed by atoms with E-state index in [9.17, 15) is 31.2 Å². The van der Waals surface area contributed by atoms with E-state index >= 15 is 0 Å². The molecular weight excluding hydrogens is 507 g/mol. The average Bonchev–Trinajstić information content (AvgIpc) is 2.74. The Kier molecular flexibility index (Phi) is 9.18. The van der Waals surface area contributed by atoms with Gasteiger partial charge in [-0.25, -0.2) is 8.42 Å². The smallest absolute Gasteiger partial charge is 0.355 e. The number of benzene rings is 2. The van der Waals surface area contributed by atoms with Gasteiger partial charge < -0.3 is 10.2 Å². The van der Waals surface area contributed by atoms with Crippen molar-refractivity contribution in [1.82, 2.24) is 10.2 Å². The third-order valence-corrected chi connectivity index (χ3v) is 6.62. The summed E-state index contributed by atoms with van der Waals surface area (Å²) >= 11 is 6.05. The summed E-state index contributed by atoms with van der Waals surface area (Å²) in [7, 11) is -4.23. The van der Waals surface area contributed by atoms with Crippen LogP contribution in [0.3, 0.4) is 0 Å². The average molecular weight is 534 g/mol. The molecule has 0 saturated heterocycles. The topological polar surface area (TPSA) is 86.8 Å². The SMILES string of the molecule is CCNC(=O)C(C)N(Cc1cccc(C)c1)C(=O)CN(c1cc(C(F)(F)F)ccc1Cl)S(C)(=O)=O. The highest BCUT2D eigenvalue weighted by Gasteiger charge is 2.34. The van der Waals surface area contributed by atoms with Crippen LogP contribution in [0.5, 0.6) is 0 Å². The third-order valence-electron chi connectivity index (χ3n) is 5.18. The molecule has 35 heavy (non-hydrogen) atoms. The quantitative estimate of drug-likeness (QED) is 0.528. The highest BCUT2D eigenvalue weighted by molar-refractivity contribution is 7.92. The number of hydrogen-bond donors (Lipinski definition) is 1. The molecule has 0 aromatic heterocycles. The fourth-order valence-electron chi connectivity index (χ4n) is 3.39. The van der Waals surface area contributed by atoms with Crippen LogP contribution in [-0.2, 0) is 32.3 Å². The lowest BCUT2D eigenvalue weighted by molar-refractivity contribution is -0.139. The van der Waals surface area contributed by atoms with Crippen LogP contribution in [0.2, 0.25) is 5.02 Å². The number of carbonyl (C=O) groups excluding carboxylic acids is 2. The van der Waals surface area contributed by atoms with Crippen LogP contribution in [0, 0.1) is 6.92 Å². The van der Waals surface area contributed by atoms with E-state index in [1.165, 1.54) is 11.8 Å². The van der Waals surface area contributed by atoms with Crippen LogP contribution >= 0.6 is 11.6 Å². The molecule has 1 N–H and O–H groups in total. The first-order valence-electron chi connectivity index (χ1n) is 10.6. The molecule has 0 aliphatic heterocycles. The van der Waals surface area contributed by atoms with Crippen LogP contribution in [0.1, 0.15) is 30.5 Å². The number of amides is 2. The minimum atomic E-state index is -4.75. The number of likely N-dealkylation sites (N-methyl/N-ethyl adjacent to an activating group) is 1. The molecule has 2 aromatic carbocycles. The number of nitrogens with zero attached hydrogens (tertiary/aromatic N) is 2. The summed E-state index contributed by atoms with van der Waals surface area (Å²) in [6.45, 7) is 4.48. The van der Waals surface area contributed by atoms with Gasteiger partial charge in [-0.2, -0.15) is 13.2 Å². The molecule has 0 radical (unpaired) electrons. The van der Waals surface area contributed by atoms with E-state index in [0.717, 1.165) is 24.0 Å². The van der Waals surface area contributed by atoms with Crippen molar-refractivity contribution < 1.29 is 31.2 Å². The van der Waals surface area contributed by atoms with Gasteiger partial charge in [0.05, 0.1) is 22.5 Å². The Morgan fingerprint density at radius 3 is 2.34 bits per heavy atom. The molecule has 0 heterocycles. The molecule has 7 nitrogen and oxygen atoms in total. The zero-order valence-corrected chi connectivity index (χ0v) is 21.3. The van der Waals surface area contributed by atoms with Gasteiger partial charge in [-0.1, -0.05) is 41.4 Å². The number of halogens is 4. The van der Waals surface area contributed by atoms with E-state index in [1.807, 2.05) is 19.1 Å². The third kappa shape index (κ3) is 7.60. The summed E-state index contributed by atoms with van der Waals surface area (Å²) in [6, 6.07) is 8.41. The molecule has 0 fully saturated rings. The molecule has 0 spiro atoms.